The minimum absolute atomic E-state index is 0.101. The lowest BCUT2D eigenvalue weighted by Gasteiger charge is -2.06. The second-order valence-electron chi connectivity index (χ2n) is 5.40. The van der Waals surface area contributed by atoms with E-state index in [0.717, 1.165) is 11.3 Å². The average Bonchev–Trinajstić information content (AvgIpc) is 2.61. The quantitative estimate of drug-likeness (QED) is 0.437. The monoisotopic (exact) mass is 340 g/mol. The molecule has 0 saturated heterocycles. The number of hydrogen-bond acceptors (Lipinski definition) is 5. The number of ketones is 1. The molecule has 0 fully saturated rings. The highest BCUT2D eigenvalue weighted by Gasteiger charge is 2.07. The van der Waals surface area contributed by atoms with Crippen LogP contribution in [0.1, 0.15) is 11.1 Å². The molecule has 25 heavy (non-hydrogen) atoms. The fraction of sp³-hybridized carbons (Fsp3) is 0.150. The second-order valence-corrected chi connectivity index (χ2v) is 5.40. The Balaban J connectivity index is 1.81. The van der Waals surface area contributed by atoms with Gasteiger partial charge < -0.3 is 19.7 Å². The molecule has 0 amide bonds. The summed E-state index contributed by atoms with van der Waals surface area (Å²) in [7, 11) is 1.61. The predicted octanol–water partition coefficient (Wildman–Crippen LogP) is 3.46. The summed E-state index contributed by atoms with van der Waals surface area (Å²) < 4.78 is 10.4. The first kappa shape index (κ1) is 18.1. The Morgan fingerprint density at radius 1 is 1.12 bits per heavy atom. The lowest BCUT2D eigenvalue weighted by Crippen LogP contribution is -2.10. The van der Waals surface area contributed by atoms with Crippen LogP contribution in [0.5, 0.6) is 17.2 Å². The van der Waals surface area contributed by atoms with Gasteiger partial charge in [0.25, 0.3) is 0 Å². The molecular formula is C20H20O5. The van der Waals surface area contributed by atoms with Crippen LogP contribution in [-0.4, -0.2) is 29.7 Å². The van der Waals surface area contributed by atoms with Crippen molar-refractivity contribution in [1.29, 1.82) is 0 Å². The zero-order chi connectivity index (χ0) is 18.2. The van der Waals surface area contributed by atoms with Gasteiger partial charge in [0.1, 0.15) is 18.1 Å². The van der Waals surface area contributed by atoms with Crippen LogP contribution in [0.25, 0.3) is 6.08 Å². The first-order valence-corrected chi connectivity index (χ1v) is 7.64. The van der Waals surface area contributed by atoms with Crippen LogP contribution in [-0.2, 0) is 16.0 Å². The van der Waals surface area contributed by atoms with Gasteiger partial charge in [-0.15, -0.1) is 0 Å². The number of methoxy groups -OCH3 is 1. The third-order valence-corrected chi connectivity index (χ3v) is 3.44. The van der Waals surface area contributed by atoms with Crippen LogP contribution in [0.2, 0.25) is 0 Å². The van der Waals surface area contributed by atoms with E-state index in [9.17, 15) is 15.0 Å². The molecule has 0 atom stereocenters. The zero-order valence-electron chi connectivity index (χ0n) is 13.9. The van der Waals surface area contributed by atoms with E-state index in [-0.39, 0.29) is 30.3 Å². The van der Waals surface area contributed by atoms with Crippen molar-refractivity contribution in [2.75, 3.05) is 13.7 Å². The summed E-state index contributed by atoms with van der Waals surface area (Å²) in [6.07, 6.45) is 3.61. The highest BCUT2D eigenvalue weighted by molar-refractivity contribution is 5.82. The number of hydrogen-bond donors (Lipinski definition) is 2. The van der Waals surface area contributed by atoms with E-state index in [1.54, 1.807) is 19.3 Å². The predicted molar refractivity (Wildman–Crippen MR) is 95.6 cm³/mol. The van der Waals surface area contributed by atoms with Gasteiger partial charge in [-0.3, -0.25) is 4.79 Å². The van der Waals surface area contributed by atoms with Crippen molar-refractivity contribution in [2.45, 2.75) is 6.42 Å². The molecule has 0 radical (unpaired) electrons. The Labute approximate surface area is 146 Å². The molecule has 5 nitrogen and oxygen atoms in total. The van der Waals surface area contributed by atoms with Crippen LogP contribution in [0.15, 0.2) is 60.9 Å². The van der Waals surface area contributed by atoms with Gasteiger partial charge in [0.15, 0.2) is 17.3 Å². The van der Waals surface area contributed by atoms with Gasteiger partial charge in [-0.2, -0.15) is 0 Å². The van der Waals surface area contributed by atoms with Crippen molar-refractivity contribution >= 4 is 11.9 Å². The lowest BCUT2D eigenvalue weighted by atomic mass is 10.1. The fourth-order valence-corrected chi connectivity index (χ4v) is 2.08. The topological polar surface area (TPSA) is 76.0 Å². The maximum Gasteiger partial charge on any atom is 0.174 e. The molecule has 2 aromatic rings. The molecular weight excluding hydrogens is 320 g/mol. The molecule has 2 N–H and O–H groups in total. The summed E-state index contributed by atoms with van der Waals surface area (Å²) in [4.78, 5) is 11.9. The summed E-state index contributed by atoms with van der Waals surface area (Å²) >= 11 is 0. The molecule has 130 valence electrons. The van der Waals surface area contributed by atoms with E-state index < -0.39 is 0 Å². The number of allylic oxidation sites excluding steroid dienone is 1. The van der Waals surface area contributed by atoms with Gasteiger partial charge in [-0.1, -0.05) is 30.9 Å². The molecule has 5 heteroatoms. The van der Waals surface area contributed by atoms with Gasteiger partial charge in [0, 0.05) is 6.42 Å². The smallest absolute Gasteiger partial charge is 0.174 e. The van der Waals surface area contributed by atoms with Gasteiger partial charge in [0.05, 0.1) is 7.11 Å². The molecule has 0 aliphatic rings. The van der Waals surface area contributed by atoms with Crippen LogP contribution in [0, 0.1) is 0 Å². The van der Waals surface area contributed by atoms with Crippen LogP contribution < -0.4 is 4.74 Å². The SMILES string of the molecule is C=C(/C=C/c1ccc(OC)cc1)OCC(=O)Cc1ccc(O)c(O)c1. The van der Waals surface area contributed by atoms with Crippen molar-refractivity contribution < 1.29 is 24.5 Å². The van der Waals surface area contributed by atoms with Gasteiger partial charge in [-0.05, 0) is 41.5 Å². The number of carbonyl (C=O) groups is 1. The average molecular weight is 340 g/mol. The maximum absolute atomic E-state index is 11.9. The number of carbonyl (C=O) groups excluding carboxylic acids is 1. The van der Waals surface area contributed by atoms with Crippen LogP contribution >= 0.6 is 0 Å². The molecule has 0 aliphatic carbocycles. The third kappa shape index (κ3) is 5.73. The van der Waals surface area contributed by atoms with E-state index in [0.29, 0.717) is 11.3 Å². The van der Waals surface area contributed by atoms with Crippen LogP contribution in [0.3, 0.4) is 0 Å². The molecule has 0 aromatic heterocycles. The van der Waals surface area contributed by atoms with Gasteiger partial charge >= 0.3 is 0 Å². The molecule has 0 unspecified atom stereocenters. The minimum Gasteiger partial charge on any atom is -0.504 e. The van der Waals surface area contributed by atoms with Crippen molar-refractivity contribution in [3.05, 3.63) is 72.0 Å². The van der Waals surface area contributed by atoms with Crippen molar-refractivity contribution in [3.8, 4) is 17.2 Å². The molecule has 0 heterocycles. The number of phenols is 2. The number of Topliss-reactive ketones (excluding diaryl/α,β-unsaturated/α-hetero) is 1. The molecule has 0 bridgehead atoms. The molecule has 0 spiro atoms. The summed E-state index contributed by atoms with van der Waals surface area (Å²) in [6, 6.07) is 11.8. The molecule has 0 saturated carbocycles. The Bertz CT molecular complexity index is 775. The number of benzene rings is 2. The highest BCUT2D eigenvalue weighted by atomic mass is 16.5. The minimum atomic E-state index is -0.252. The Morgan fingerprint density at radius 3 is 2.48 bits per heavy atom. The number of phenolic OH excluding ortho intramolecular Hbond substituents is 2. The number of aromatic hydroxyl groups is 2. The highest BCUT2D eigenvalue weighted by Crippen LogP contribution is 2.25. The van der Waals surface area contributed by atoms with Crippen molar-refractivity contribution in [3.63, 3.8) is 0 Å². The molecule has 2 rings (SSSR count). The normalized spacial score (nSPS) is 10.6. The molecule has 0 aliphatic heterocycles. The van der Waals surface area contributed by atoms with E-state index in [4.69, 9.17) is 9.47 Å². The zero-order valence-corrected chi connectivity index (χ0v) is 13.9. The van der Waals surface area contributed by atoms with Crippen LogP contribution in [0.4, 0.5) is 0 Å². The third-order valence-electron chi connectivity index (χ3n) is 3.44. The molecule has 2 aromatic carbocycles. The van der Waals surface area contributed by atoms with E-state index in [1.807, 2.05) is 30.3 Å². The first-order valence-electron chi connectivity index (χ1n) is 7.64. The second kappa shape index (κ2) is 8.59. The van der Waals surface area contributed by atoms with E-state index in [2.05, 4.69) is 6.58 Å². The van der Waals surface area contributed by atoms with Gasteiger partial charge in [-0.25, -0.2) is 0 Å². The van der Waals surface area contributed by atoms with Crippen molar-refractivity contribution in [1.82, 2.24) is 0 Å². The largest absolute Gasteiger partial charge is 0.504 e. The fourth-order valence-electron chi connectivity index (χ4n) is 2.08. The Morgan fingerprint density at radius 2 is 1.84 bits per heavy atom. The standard InChI is InChI=1S/C20H20O5/c1-14(3-4-15-5-8-18(24-2)9-6-15)25-13-17(21)11-16-7-10-19(22)20(23)12-16/h3-10,12,22-23H,1,11,13H2,2H3/b4-3+. The summed E-state index contributed by atoms with van der Waals surface area (Å²) in [5.41, 5.74) is 1.56. The maximum atomic E-state index is 11.9. The summed E-state index contributed by atoms with van der Waals surface area (Å²) in [6.45, 7) is 3.63. The summed E-state index contributed by atoms with van der Waals surface area (Å²) in [5.74, 6) is 0.516. The van der Waals surface area contributed by atoms with Gasteiger partial charge in [0.2, 0.25) is 0 Å². The lowest BCUT2D eigenvalue weighted by molar-refractivity contribution is -0.121. The Kier molecular flexibility index (Phi) is 6.23. The first-order chi connectivity index (χ1) is 12.0. The number of ether oxygens (including phenoxy) is 2. The van der Waals surface area contributed by atoms with E-state index in [1.165, 1.54) is 12.1 Å². The van der Waals surface area contributed by atoms with Crippen molar-refractivity contribution in [2.24, 2.45) is 0 Å². The summed E-state index contributed by atoms with van der Waals surface area (Å²) in [5, 5.41) is 18.7. The van der Waals surface area contributed by atoms with E-state index >= 15 is 0 Å². The Hall–Kier alpha value is -3.21. The number of rotatable bonds is 8.